The van der Waals surface area contributed by atoms with Crippen molar-refractivity contribution in [3.8, 4) is 0 Å². The van der Waals surface area contributed by atoms with Crippen LogP contribution in [-0.4, -0.2) is 35.2 Å². The summed E-state index contributed by atoms with van der Waals surface area (Å²) >= 11 is 0. The average Bonchev–Trinajstić information content (AvgIpc) is 3.30. The lowest BCUT2D eigenvalue weighted by Gasteiger charge is -2.10. The summed E-state index contributed by atoms with van der Waals surface area (Å²) in [5.74, 6) is -2.39. The van der Waals surface area contributed by atoms with E-state index >= 15 is 0 Å². The summed E-state index contributed by atoms with van der Waals surface area (Å²) in [7, 11) is 0. The highest BCUT2D eigenvalue weighted by atomic mass is 16.6. The summed E-state index contributed by atoms with van der Waals surface area (Å²) in [6.07, 6.45) is 1.89. The molecule has 10 nitrogen and oxygen atoms in total. The van der Waals surface area contributed by atoms with Crippen LogP contribution in [0.3, 0.4) is 0 Å². The molecule has 1 aromatic carbocycles. The highest BCUT2D eigenvalue weighted by Crippen LogP contribution is 2.20. The fourth-order valence-corrected chi connectivity index (χ4v) is 2.28. The number of carbonyl (C=O) groups excluding carboxylic acids is 3. The Bertz CT molecular complexity index is 902. The standard InChI is InChI=1S/C17H16N4O6/c22-14(19-10-5-6-10)9-18-16(23)11-3-1-2-4-12(11)20-17(24)13-7-8-15(27-13)21(25)26/h1-4,7-8,10H,5-6,9H2,(H,18,23)(H,19,22)(H,20,24). The predicted molar refractivity (Wildman–Crippen MR) is 93.3 cm³/mol. The third kappa shape index (κ3) is 4.69. The number of para-hydroxylation sites is 1. The van der Waals surface area contributed by atoms with Crippen LogP contribution in [-0.2, 0) is 4.79 Å². The molecule has 3 amide bonds. The third-order valence-corrected chi connectivity index (χ3v) is 3.77. The van der Waals surface area contributed by atoms with E-state index in [1.807, 2.05) is 0 Å². The number of nitrogens with zero attached hydrogens (tertiary/aromatic N) is 1. The maximum absolute atomic E-state index is 12.3. The molecule has 3 rings (SSSR count). The second-order valence-corrected chi connectivity index (χ2v) is 5.92. The first kappa shape index (κ1) is 18.1. The molecule has 0 unspecified atom stereocenters. The van der Waals surface area contributed by atoms with E-state index in [1.54, 1.807) is 12.1 Å². The first-order valence-electron chi connectivity index (χ1n) is 8.16. The maximum atomic E-state index is 12.3. The lowest BCUT2D eigenvalue weighted by Crippen LogP contribution is -2.38. The van der Waals surface area contributed by atoms with Gasteiger partial charge in [0, 0.05) is 6.04 Å². The Morgan fingerprint density at radius 3 is 2.52 bits per heavy atom. The molecule has 1 heterocycles. The number of hydrogen-bond donors (Lipinski definition) is 3. The summed E-state index contributed by atoms with van der Waals surface area (Å²) in [5, 5.41) is 18.3. The zero-order valence-electron chi connectivity index (χ0n) is 14.1. The van der Waals surface area contributed by atoms with Crippen molar-refractivity contribution in [3.63, 3.8) is 0 Å². The van der Waals surface area contributed by atoms with Gasteiger partial charge in [-0.1, -0.05) is 12.1 Å². The first-order valence-corrected chi connectivity index (χ1v) is 8.16. The van der Waals surface area contributed by atoms with Crippen molar-refractivity contribution in [2.75, 3.05) is 11.9 Å². The monoisotopic (exact) mass is 372 g/mol. The Hall–Kier alpha value is -3.69. The molecular formula is C17H16N4O6. The Labute approximate surface area is 153 Å². The molecule has 140 valence electrons. The molecule has 1 aromatic heterocycles. The molecule has 2 aromatic rings. The van der Waals surface area contributed by atoms with Crippen molar-refractivity contribution in [1.29, 1.82) is 0 Å². The lowest BCUT2D eigenvalue weighted by molar-refractivity contribution is -0.402. The van der Waals surface area contributed by atoms with Crippen molar-refractivity contribution in [2.24, 2.45) is 0 Å². The van der Waals surface area contributed by atoms with Gasteiger partial charge >= 0.3 is 5.88 Å². The largest absolute Gasteiger partial charge is 0.433 e. The number of carbonyl (C=O) groups is 3. The number of nitro groups is 1. The van der Waals surface area contributed by atoms with Crippen LogP contribution in [0, 0.1) is 10.1 Å². The Kier molecular flexibility index (Phi) is 5.15. The van der Waals surface area contributed by atoms with E-state index in [0.717, 1.165) is 18.9 Å². The molecule has 1 saturated carbocycles. The van der Waals surface area contributed by atoms with Gasteiger partial charge in [0.25, 0.3) is 11.8 Å². The van der Waals surface area contributed by atoms with Gasteiger partial charge in [-0.05, 0) is 31.0 Å². The van der Waals surface area contributed by atoms with Crippen LogP contribution in [0.15, 0.2) is 40.8 Å². The van der Waals surface area contributed by atoms with Crippen molar-refractivity contribution in [2.45, 2.75) is 18.9 Å². The number of hydrogen-bond acceptors (Lipinski definition) is 6. The summed E-state index contributed by atoms with van der Waals surface area (Å²) in [5.41, 5.74) is 0.327. The molecule has 10 heteroatoms. The van der Waals surface area contributed by atoms with Gasteiger partial charge in [-0.15, -0.1) is 0 Å². The van der Waals surface area contributed by atoms with Gasteiger partial charge in [0.15, 0.2) is 5.76 Å². The fraction of sp³-hybridized carbons (Fsp3) is 0.235. The lowest BCUT2D eigenvalue weighted by atomic mass is 10.1. The summed E-state index contributed by atoms with van der Waals surface area (Å²) in [6.45, 7) is -0.179. The molecule has 3 N–H and O–H groups in total. The highest BCUT2D eigenvalue weighted by Gasteiger charge is 2.24. The van der Waals surface area contributed by atoms with E-state index in [-0.39, 0.29) is 35.5 Å². The number of nitrogens with one attached hydrogen (secondary N) is 3. The normalized spacial score (nSPS) is 12.9. The number of anilines is 1. The number of amides is 3. The minimum atomic E-state index is -0.759. The van der Waals surface area contributed by atoms with Gasteiger partial charge < -0.3 is 20.4 Å². The quantitative estimate of drug-likeness (QED) is 0.496. The number of rotatable bonds is 7. The molecule has 0 bridgehead atoms. The fourth-order valence-electron chi connectivity index (χ4n) is 2.28. The van der Waals surface area contributed by atoms with E-state index in [1.165, 1.54) is 18.2 Å². The summed E-state index contributed by atoms with van der Waals surface area (Å²) < 4.78 is 4.84. The van der Waals surface area contributed by atoms with Crippen molar-refractivity contribution in [1.82, 2.24) is 10.6 Å². The van der Waals surface area contributed by atoms with E-state index in [9.17, 15) is 24.5 Å². The molecule has 0 saturated heterocycles. The summed E-state index contributed by atoms with van der Waals surface area (Å²) in [6, 6.07) is 8.61. The molecule has 0 aliphatic heterocycles. The van der Waals surface area contributed by atoms with Gasteiger partial charge in [0.1, 0.15) is 4.92 Å². The van der Waals surface area contributed by atoms with Crippen molar-refractivity contribution in [3.05, 3.63) is 57.8 Å². The van der Waals surface area contributed by atoms with E-state index in [2.05, 4.69) is 16.0 Å². The molecule has 0 spiro atoms. The first-order chi connectivity index (χ1) is 12.9. The molecule has 1 aliphatic rings. The number of furan rings is 1. The van der Waals surface area contributed by atoms with Crippen molar-refractivity contribution < 1.29 is 23.7 Å². The van der Waals surface area contributed by atoms with Crippen LogP contribution in [0.2, 0.25) is 0 Å². The smallest absolute Gasteiger partial charge is 0.395 e. The van der Waals surface area contributed by atoms with Crippen molar-refractivity contribution >= 4 is 29.3 Å². The minimum Gasteiger partial charge on any atom is -0.395 e. The zero-order chi connectivity index (χ0) is 19.4. The van der Waals surface area contributed by atoms with Gasteiger partial charge in [0.2, 0.25) is 5.91 Å². The molecule has 1 aliphatic carbocycles. The van der Waals surface area contributed by atoms with E-state index in [0.29, 0.717) is 0 Å². The molecule has 0 atom stereocenters. The molecular weight excluding hydrogens is 356 g/mol. The van der Waals surface area contributed by atoms with Gasteiger partial charge in [-0.25, -0.2) is 0 Å². The third-order valence-electron chi connectivity index (χ3n) is 3.77. The summed E-state index contributed by atoms with van der Waals surface area (Å²) in [4.78, 5) is 46.1. The Morgan fingerprint density at radius 2 is 1.85 bits per heavy atom. The topological polar surface area (TPSA) is 144 Å². The van der Waals surface area contributed by atoms with Gasteiger partial charge in [0.05, 0.1) is 23.9 Å². The van der Waals surface area contributed by atoms with Crippen LogP contribution in [0.4, 0.5) is 11.6 Å². The maximum Gasteiger partial charge on any atom is 0.433 e. The minimum absolute atomic E-state index is 0.145. The second kappa shape index (κ2) is 7.68. The average molecular weight is 372 g/mol. The Morgan fingerprint density at radius 1 is 1.11 bits per heavy atom. The SMILES string of the molecule is O=C(CNC(=O)c1ccccc1NC(=O)c1ccc([N+](=O)[O-])o1)NC1CC1. The molecule has 27 heavy (non-hydrogen) atoms. The molecule has 1 fully saturated rings. The second-order valence-electron chi connectivity index (χ2n) is 5.92. The zero-order valence-corrected chi connectivity index (χ0v) is 14.1. The van der Waals surface area contributed by atoms with Crippen LogP contribution in [0.5, 0.6) is 0 Å². The van der Waals surface area contributed by atoms with E-state index < -0.39 is 22.6 Å². The van der Waals surface area contributed by atoms with Gasteiger partial charge in [-0.3, -0.25) is 24.5 Å². The Balaban J connectivity index is 1.65. The predicted octanol–water partition coefficient (Wildman–Crippen LogP) is 1.45. The van der Waals surface area contributed by atoms with Crippen LogP contribution >= 0.6 is 0 Å². The van der Waals surface area contributed by atoms with Crippen LogP contribution < -0.4 is 16.0 Å². The molecule has 0 radical (unpaired) electrons. The highest BCUT2D eigenvalue weighted by molar-refractivity contribution is 6.08. The van der Waals surface area contributed by atoms with Crippen LogP contribution in [0.25, 0.3) is 0 Å². The van der Waals surface area contributed by atoms with E-state index in [4.69, 9.17) is 4.42 Å². The van der Waals surface area contributed by atoms with Crippen LogP contribution in [0.1, 0.15) is 33.8 Å². The number of benzene rings is 1. The van der Waals surface area contributed by atoms with Gasteiger partial charge in [-0.2, -0.15) is 0 Å².